The summed E-state index contributed by atoms with van der Waals surface area (Å²) in [5.74, 6) is -2.53. The molecule has 8 bridgehead atoms. The van der Waals surface area contributed by atoms with Crippen LogP contribution in [0.2, 0.25) is 0 Å². The zero-order chi connectivity index (χ0) is 31.1. The Labute approximate surface area is 256 Å². The van der Waals surface area contributed by atoms with Crippen molar-refractivity contribution in [2.24, 2.45) is 45.3 Å². The fourth-order valence-electron chi connectivity index (χ4n) is 11.4. The van der Waals surface area contributed by atoms with Crippen LogP contribution >= 0.6 is 0 Å². The number of hydrogen-bond donors (Lipinski definition) is 2. The van der Waals surface area contributed by atoms with Crippen molar-refractivity contribution >= 4 is 35.7 Å². The molecule has 12 nitrogen and oxygen atoms in total. The first kappa shape index (κ1) is 29.5. The summed E-state index contributed by atoms with van der Waals surface area (Å²) in [6.45, 7) is -0.748. The van der Waals surface area contributed by atoms with Crippen LogP contribution in [-0.4, -0.2) is 75.2 Å². The van der Waals surface area contributed by atoms with Gasteiger partial charge in [0.15, 0.2) is 12.1 Å². The van der Waals surface area contributed by atoms with Crippen molar-refractivity contribution in [3.05, 3.63) is 0 Å². The molecule has 0 aromatic carbocycles. The van der Waals surface area contributed by atoms with Crippen molar-refractivity contribution in [1.29, 1.82) is 0 Å². The van der Waals surface area contributed by atoms with Gasteiger partial charge in [0.25, 0.3) is 0 Å². The molecule has 8 saturated carbocycles. The predicted octanol–water partition coefficient (Wildman–Crippen LogP) is 1.58. The van der Waals surface area contributed by atoms with E-state index in [4.69, 9.17) is 18.9 Å². The predicted molar refractivity (Wildman–Crippen MR) is 149 cm³/mol. The summed E-state index contributed by atoms with van der Waals surface area (Å²) < 4.78 is 21.6. The third-order valence-electron chi connectivity index (χ3n) is 12.3. The lowest BCUT2D eigenvalue weighted by Crippen LogP contribution is -2.64. The van der Waals surface area contributed by atoms with E-state index in [-0.39, 0.29) is 61.5 Å². The van der Waals surface area contributed by atoms with E-state index in [1.165, 1.54) is 14.2 Å². The minimum absolute atomic E-state index is 0.130. The Balaban J connectivity index is 1.24. The van der Waals surface area contributed by atoms with Crippen molar-refractivity contribution in [2.45, 2.75) is 89.1 Å². The average Bonchev–Trinajstić information content (AvgIpc) is 2.98. The lowest BCUT2D eigenvalue weighted by Gasteiger charge is -2.60. The normalized spacial score (nSPS) is 46.1. The molecular weight excluding hydrogens is 572 g/mol. The number of ether oxygens (including phenoxy) is 4. The van der Waals surface area contributed by atoms with Gasteiger partial charge in [0.05, 0.1) is 35.9 Å². The van der Waals surface area contributed by atoms with E-state index in [1.807, 2.05) is 0 Å². The molecule has 1 saturated heterocycles. The van der Waals surface area contributed by atoms with Gasteiger partial charge >= 0.3 is 23.9 Å². The second-order valence-corrected chi connectivity index (χ2v) is 15.3. The molecule has 8 aliphatic carbocycles. The molecule has 2 unspecified atom stereocenters. The highest BCUT2D eigenvalue weighted by atomic mass is 16.6. The van der Waals surface area contributed by atoms with Crippen molar-refractivity contribution in [3.63, 3.8) is 0 Å². The Morgan fingerprint density at radius 2 is 0.909 bits per heavy atom. The van der Waals surface area contributed by atoms with Gasteiger partial charge in [-0.25, -0.2) is 9.59 Å². The van der Waals surface area contributed by atoms with Crippen LogP contribution in [0.4, 0.5) is 0 Å². The molecule has 44 heavy (non-hydrogen) atoms. The second-order valence-electron chi connectivity index (χ2n) is 15.3. The summed E-state index contributed by atoms with van der Waals surface area (Å²) in [5.41, 5.74) is -3.58. The summed E-state index contributed by atoms with van der Waals surface area (Å²) >= 11 is 0. The fraction of sp³-hybridized carbons (Fsp3) is 0.812. The quantitative estimate of drug-likeness (QED) is 0.345. The standard InChI is InChI=1S/C32H42N2O10/c1-41-23(35)21-13-43-27(39)31-9-19-4-20(10-31)12-32(11-19,16-31)28(40)44-14-22(24(36)42-2)34-26(38)30-7-17-3-18(8-30)6-29(5-17,15-30)25(37)33-21/h17-22H,3-16H2,1-2H3,(H,33,37)(H,34,38). The number of cyclic esters (lactones) is 2. The van der Waals surface area contributed by atoms with Crippen LogP contribution in [0.3, 0.4) is 0 Å². The Morgan fingerprint density at radius 1 is 0.591 bits per heavy atom. The number of carbonyl (C=O) groups is 6. The first-order valence-corrected chi connectivity index (χ1v) is 16.0. The molecule has 1 heterocycles. The van der Waals surface area contributed by atoms with E-state index >= 15 is 0 Å². The second kappa shape index (κ2) is 10.2. The van der Waals surface area contributed by atoms with Crippen LogP contribution < -0.4 is 10.6 Å². The van der Waals surface area contributed by atoms with Gasteiger partial charge in [0, 0.05) is 0 Å². The van der Waals surface area contributed by atoms with Gasteiger partial charge in [-0.15, -0.1) is 0 Å². The lowest BCUT2D eigenvalue weighted by molar-refractivity contribution is -0.196. The maximum Gasteiger partial charge on any atom is 0.331 e. The third-order valence-corrected chi connectivity index (χ3v) is 12.3. The topological polar surface area (TPSA) is 163 Å². The molecule has 2 amide bonds. The monoisotopic (exact) mass is 614 g/mol. The maximum atomic E-state index is 14.1. The van der Waals surface area contributed by atoms with Crippen LogP contribution in [0.5, 0.6) is 0 Å². The van der Waals surface area contributed by atoms with Crippen LogP contribution in [0.25, 0.3) is 0 Å². The van der Waals surface area contributed by atoms with Gasteiger partial charge < -0.3 is 29.6 Å². The Bertz CT molecular complexity index is 1190. The number of hydrogen-bond acceptors (Lipinski definition) is 10. The minimum atomic E-state index is -1.20. The molecule has 9 rings (SSSR count). The molecule has 240 valence electrons. The fourth-order valence-corrected chi connectivity index (χ4v) is 11.4. The highest BCUT2D eigenvalue weighted by molar-refractivity contribution is 5.93. The van der Waals surface area contributed by atoms with E-state index in [0.29, 0.717) is 51.4 Å². The number of methoxy groups -OCH3 is 2. The van der Waals surface area contributed by atoms with Crippen LogP contribution in [0.1, 0.15) is 77.0 Å². The van der Waals surface area contributed by atoms with E-state index < -0.39 is 57.6 Å². The minimum Gasteiger partial charge on any atom is -0.467 e. The van der Waals surface area contributed by atoms with Gasteiger partial charge in [-0.1, -0.05) is 0 Å². The number of rotatable bonds is 2. The number of esters is 4. The third kappa shape index (κ3) is 4.52. The van der Waals surface area contributed by atoms with E-state index in [9.17, 15) is 28.8 Å². The molecule has 4 spiro atoms. The van der Waals surface area contributed by atoms with Gasteiger partial charge in [0.2, 0.25) is 11.8 Å². The van der Waals surface area contributed by atoms with Crippen LogP contribution in [-0.2, 0) is 47.7 Å². The van der Waals surface area contributed by atoms with Crippen LogP contribution in [0.15, 0.2) is 0 Å². The lowest BCUT2D eigenvalue weighted by atomic mass is 9.43. The highest BCUT2D eigenvalue weighted by Crippen LogP contribution is 2.67. The smallest absolute Gasteiger partial charge is 0.331 e. The van der Waals surface area contributed by atoms with E-state index in [2.05, 4.69) is 10.6 Å². The molecule has 0 radical (unpaired) electrons. The molecule has 2 atom stereocenters. The van der Waals surface area contributed by atoms with Gasteiger partial charge in [0.1, 0.15) is 13.2 Å². The summed E-state index contributed by atoms with van der Waals surface area (Å²) in [6.07, 6.45) is 7.03. The number of nitrogens with one attached hydrogen (secondary N) is 2. The van der Waals surface area contributed by atoms with Crippen molar-refractivity contribution in [1.82, 2.24) is 10.6 Å². The molecule has 0 aromatic heterocycles. The largest absolute Gasteiger partial charge is 0.467 e. The van der Waals surface area contributed by atoms with Crippen LogP contribution in [0, 0.1) is 45.3 Å². The Morgan fingerprint density at radius 3 is 1.25 bits per heavy atom. The number of amides is 2. The zero-order valence-electron chi connectivity index (χ0n) is 25.4. The first-order chi connectivity index (χ1) is 20.9. The van der Waals surface area contributed by atoms with Gasteiger partial charge in [-0.2, -0.15) is 0 Å². The van der Waals surface area contributed by atoms with Gasteiger partial charge in [-0.3, -0.25) is 19.2 Å². The Hall–Kier alpha value is -3.18. The Kier molecular flexibility index (Phi) is 6.82. The molecular formula is C32H42N2O10. The molecule has 1 aliphatic heterocycles. The summed E-state index contributed by atoms with van der Waals surface area (Å²) in [5, 5.41) is 5.69. The summed E-state index contributed by atoms with van der Waals surface area (Å²) in [7, 11) is 2.44. The maximum absolute atomic E-state index is 14.1. The highest BCUT2D eigenvalue weighted by Gasteiger charge is 2.66. The summed E-state index contributed by atoms with van der Waals surface area (Å²) in [4.78, 5) is 81.5. The molecule has 12 heteroatoms. The van der Waals surface area contributed by atoms with Crippen molar-refractivity contribution in [3.8, 4) is 0 Å². The molecule has 9 fully saturated rings. The molecule has 2 N–H and O–H groups in total. The van der Waals surface area contributed by atoms with E-state index in [1.54, 1.807) is 0 Å². The zero-order valence-corrected chi connectivity index (χ0v) is 25.4. The van der Waals surface area contributed by atoms with Crippen molar-refractivity contribution < 1.29 is 47.7 Å². The first-order valence-electron chi connectivity index (χ1n) is 16.0. The van der Waals surface area contributed by atoms with Crippen molar-refractivity contribution in [2.75, 3.05) is 27.4 Å². The SMILES string of the molecule is COC(=O)C1COC(=O)C23CC4CC(C2)CC(C4)(C3)C(=O)OCC(C(=O)OC)NC(=O)C23CC4CC(CC(C4)(C2)C(=O)N1)C3. The van der Waals surface area contributed by atoms with Gasteiger partial charge in [-0.05, 0) is 101 Å². The summed E-state index contributed by atoms with van der Waals surface area (Å²) in [6, 6.07) is -2.41. The average molecular weight is 615 g/mol. The molecule has 0 aromatic rings. The van der Waals surface area contributed by atoms with E-state index in [0.717, 1.165) is 12.8 Å². The molecule has 9 aliphatic rings. The number of carbonyl (C=O) groups excluding carboxylic acids is 6.